The number of hydrogen-bond donors (Lipinski definition) is 2. The third kappa shape index (κ3) is 3.68. The van der Waals surface area contributed by atoms with Crippen molar-refractivity contribution in [3.63, 3.8) is 0 Å². The average molecular weight is 323 g/mol. The second kappa shape index (κ2) is 7.45. The third-order valence-electron chi connectivity index (χ3n) is 3.35. The van der Waals surface area contributed by atoms with E-state index in [9.17, 15) is 4.79 Å². The van der Waals surface area contributed by atoms with Crippen LogP contribution in [0.5, 0.6) is 0 Å². The van der Waals surface area contributed by atoms with Gasteiger partial charge in [-0.3, -0.25) is 9.36 Å². The molecule has 6 heteroatoms. The van der Waals surface area contributed by atoms with E-state index in [0.29, 0.717) is 23.8 Å². The van der Waals surface area contributed by atoms with Gasteiger partial charge in [-0.05, 0) is 30.7 Å². The van der Waals surface area contributed by atoms with Crippen LogP contribution in [0.25, 0.3) is 5.69 Å². The van der Waals surface area contributed by atoms with E-state index in [2.05, 4.69) is 0 Å². The Morgan fingerprint density at radius 1 is 1.14 bits per heavy atom. The fourth-order valence-corrected chi connectivity index (χ4v) is 2.55. The van der Waals surface area contributed by atoms with Gasteiger partial charge in [0.05, 0.1) is 23.9 Å². The molecule has 0 fully saturated rings. The number of pyridine rings is 1. The molecule has 1 aromatic heterocycles. The van der Waals surface area contributed by atoms with Crippen molar-refractivity contribution in [1.29, 1.82) is 0 Å². The minimum atomic E-state index is -0.150. The molecule has 22 heavy (non-hydrogen) atoms. The van der Waals surface area contributed by atoms with Crippen LogP contribution < -0.4 is 10.5 Å². The molecule has 118 valence electrons. The van der Waals surface area contributed by atoms with E-state index < -0.39 is 0 Å². The second-order valence-electron chi connectivity index (χ2n) is 4.98. The number of rotatable bonds is 6. The number of aromatic nitrogens is 1. The van der Waals surface area contributed by atoms with E-state index in [1.54, 1.807) is 24.4 Å². The van der Waals surface area contributed by atoms with Gasteiger partial charge in [0.1, 0.15) is 0 Å². The Morgan fingerprint density at radius 3 is 2.41 bits per heavy atom. The van der Waals surface area contributed by atoms with Crippen LogP contribution in [0.1, 0.15) is 5.56 Å². The number of nitrogens with zero attached hydrogens (tertiary/aromatic N) is 2. The summed E-state index contributed by atoms with van der Waals surface area (Å²) in [6.45, 7) is 2.68. The summed E-state index contributed by atoms with van der Waals surface area (Å²) in [7, 11) is 0. The number of aryl methyl sites for hydroxylation is 1. The van der Waals surface area contributed by atoms with Gasteiger partial charge in [-0.15, -0.1) is 0 Å². The van der Waals surface area contributed by atoms with Crippen molar-refractivity contribution in [2.24, 2.45) is 0 Å². The highest BCUT2D eigenvalue weighted by molar-refractivity contribution is 6.32. The molecule has 0 unspecified atom stereocenters. The number of anilines is 1. The summed E-state index contributed by atoms with van der Waals surface area (Å²) in [5.74, 6) is 0. The lowest BCUT2D eigenvalue weighted by Crippen LogP contribution is -2.29. The topological polar surface area (TPSA) is 65.7 Å². The highest BCUT2D eigenvalue weighted by Crippen LogP contribution is 2.26. The summed E-state index contributed by atoms with van der Waals surface area (Å²) in [5.41, 5.74) is 2.20. The predicted molar refractivity (Wildman–Crippen MR) is 88.2 cm³/mol. The standard InChI is InChI=1S/C16H19ClN2O3/c1-12-2-5-16(22)19(11-12)15-4-3-13(10-14(15)17)18(6-8-20)7-9-21/h2-5,10-11,20-21H,6-9H2,1H3. The Bertz CT molecular complexity index is 694. The van der Waals surface area contributed by atoms with Crippen molar-refractivity contribution in [1.82, 2.24) is 4.57 Å². The third-order valence-corrected chi connectivity index (χ3v) is 3.66. The van der Waals surface area contributed by atoms with Crippen molar-refractivity contribution in [2.45, 2.75) is 6.92 Å². The summed E-state index contributed by atoms with van der Waals surface area (Å²) in [4.78, 5) is 13.8. The van der Waals surface area contributed by atoms with Gasteiger partial charge >= 0.3 is 0 Å². The first kappa shape index (κ1) is 16.5. The number of halogens is 1. The number of benzene rings is 1. The van der Waals surface area contributed by atoms with Gasteiger partial charge in [-0.2, -0.15) is 0 Å². The maximum atomic E-state index is 12.0. The van der Waals surface area contributed by atoms with Gasteiger partial charge in [-0.1, -0.05) is 17.7 Å². The lowest BCUT2D eigenvalue weighted by Gasteiger charge is -2.23. The van der Waals surface area contributed by atoms with Crippen LogP contribution in [-0.4, -0.2) is 41.1 Å². The summed E-state index contributed by atoms with van der Waals surface area (Å²) in [6.07, 6.45) is 1.74. The van der Waals surface area contributed by atoms with Crippen LogP contribution in [0.2, 0.25) is 5.02 Å². The van der Waals surface area contributed by atoms with Crippen LogP contribution in [0.3, 0.4) is 0 Å². The molecule has 0 spiro atoms. The van der Waals surface area contributed by atoms with Crippen LogP contribution in [0.15, 0.2) is 41.3 Å². The molecule has 0 atom stereocenters. The lowest BCUT2D eigenvalue weighted by atomic mass is 10.2. The molecule has 2 aromatic rings. The molecule has 0 radical (unpaired) electrons. The molecule has 0 aliphatic heterocycles. The minimum Gasteiger partial charge on any atom is -0.395 e. The highest BCUT2D eigenvalue weighted by Gasteiger charge is 2.10. The maximum Gasteiger partial charge on any atom is 0.255 e. The predicted octanol–water partition coefficient (Wildman–Crippen LogP) is 1.59. The molecule has 0 amide bonds. The van der Waals surface area contributed by atoms with E-state index in [0.717, 1.165) is 11.3 Å². The van der Waals surface area contributed by atoms with Gasteiger partial charge < -0.3 is 15.1 Å². The minimum absolute atomic E-state index is 0.0172. The van der Waals surface area contributed by atoms with E-state index >= 15 is 0 Å². The van der Waals surface area contributed by atoms with Gasteiger partial charge in [0.15, 0.2) is 0 Å². The summed E-state index contributed by atoms with van der Waals surface area (Å²) >= 11 is 6.32. The van der Waals surface area contributed by atoms with E-state index in [1.165, 1.54) is 10.6 Å². The van der Waals surface area contributed by atoms with Crippen molar-refractivity contribution in [3.8, 4) is 5.69 Å². The summed E-state index contributed by atoms with van der Waals surface area (Å²) < 4.78 is 1.50. The van der Waals surface area contributed by atoms with Crippen molar-refractivity contribution < 1.29 is 10.2 Å². The molecular weight excluding hydrogens is 304 g/mol. The summed E-state index contributed by atoms with van der Waals surface area (Å²) in [5, 5.41) is 18.6. The Balaban J connectivity index is 2.41. The van der Waals surface area contributed by atoms with Gasteiger partial charge in [0.25, 0.3) is 5.56 Å². The van der Waals surface area contributed by atoms with Gasteiger partial charge in [-0.25, -0.2) is 0 Å². The largest absolute Gasteiger partial charge is 0.395 e. The molecule has 0 aliphatic rings. The van der Waals surface area contributed by atoms with E-state index in [-0.39, 0.29) is 18.8 Å². The van der Waals surface area contributed by atoms with Gasteiger partial charge in [0, 0.05) is 31.0 Å². The normalized spacial score (nSPS) is 10.7. The first-order valence-corrected chi connectivity index (χ1v) is 7.40. The number of aliphatic hydroxyl groups excluding tert-OH is 2. The smallest absolute Gasteiger partial charge is 0.255 e. The number of aliphatic hydroxyl groups is 2. The molecule has 1 aromatic carbocycles. The van der Waals surface area contributed by atoms with Crippen molar-refractivity contribution in [3.05, 3.63) is 57.5 Å². The first-order valence-electron chi connectivity index (χ1n) is 7.02. The van der Waals surface area contributed by atoms with E-state index in [1.807, 2.05) is 17.9 Å². The molecule has 0 aliphatic carbocycles. The van der Waals surface area contributed by atoms with Crippen molar-refractivity contribution in [2.75, 3.05) is 31.2 Å². The lowest BCUT2D eigenvalue weighted by molar-refractivity contribution is 0.281. The second-order valence-corrected chi connectivity index (χ2v) is 5.39. The van der Waals surface area contributed by atoms with Crippen LogP contribution >= 0.6 is 11.6 Å². The fraction of sp³-hybridized carbons (Fsp3) is 0.312. The van der Waals surface area contributed by atoms with Crippen LogP contribution in [0.4, 0.5) is 5.69 Å². The number of hydrogen-bond acceptors (Lipinski definition) is 4. The quantitative estimate of drug-likeness (QED) is 0.847. The molecule has 0 bridgehead atoms. The first-order chi connectivity index (χ1) is 10.6. The van der Waals surface area contributed by atoms with Crippen molar-refractivity contribution >= 4 is 17.3 Å². The van der Waals surface area contributed by atoms with Crippen LogP contribution in [-0.2, 0) is 0 Å². The van der Waals surface area contributed by atoms with E-state index in [4.69, 9.17) is 21.8 Å². The molecule has 2 rings (SSSR count). The zero-order valence-electron chi connectivity index (χ0n) is 12.4. The van der Waals surface area contributed by atoms with Gasteiger partial charge in [0.2, 0.25) is 0 Å². The molecule has 0 saturated heterocycles. The summed E-state index contributed by atoms with van der Waals surface area (Å²) in [6, 6.07) is 8.58. The Morgan fingerprint density at radius 2 is 1.82 bits per heavy atom. The zero-order valence-corrected chi connectivity index (χ0v) is 13.1. The SMILES string of the molecule is Cc1ccc(=O)n(-c2ccc(N(CCO)CCO)cc2Cl)c1. The monoisotopic (exact) mass is 322 g/mol. The maximum absolute atomic E-state index is 12.0. The Kier molecular flexibility index (Phi) is 5.60. The molecule has 1 heterocycles. The molecular formula is C16H19ClN2O3. The molecule has 5 nitrogen and oxygen atoms in total. The zero-order chi connectivity index (χ0) is 16.1. The average Bonchev–Trinajstić information content (AvgIpc) is 2.50. The Labute approximate surface area is 134 Å². The Hall–Kier alpha value is -1.82. The fourth-order valence-electron chi connectivity index (χ4n) is 2.28. The highest BCUT2D eigenvalue weighted by atomic mass is 35.5. The molecule has 0 saturated carbocycles. The van der Waals surface area contributed by atoms with Crippen LogP contribution in [0, 0.1) is 6.92 Å². The molecule has 2 N–H and O–H groups in total.